The van der Waals surface area contributed by atoms with Crippen molar-refractivity contribution in [2.24, 2.45) is 5.92 Å². The number of nitrogens with zero attached hydrogens (tertiary/aromatic N) is 1. The fourth-order valence-corrected chi connectivity index (χ4v) is 2.67. The van der Waals surface area contributed by atoms with Gasteiger partial charge in [0.05, 0.1) is 0 Å². The van der Waals surface area contributed by atoms with E-state index < -0.39 is 0 Å². The average Bonchev–Trinajstić information content (AvgIpc) is 2.37. The van der Waals surface area contributed by atoms with Gasteiger partial charge in [-0.1, -0.05) is 19.8 Å². The van der Waals surface area contributed by atoms with E-state index >= 15 is 0 Å². The first-order valence-electron chi connectivity index (χ1n) is 7.40. The Labute approximate surface area is 107 Å². The van der Waals surface area contributed by atoms with Gasteiger partial charge in [0.25, 0.3) is 0 Å². The lowest BCUT2D eigenvalue weighted by molar-refractivity contribution is 0.169. The molecule has 1 heterocycles. The van der Waals surface area contributed by atoms with Crippen molar-refractivity contribution in [3.05, 3.63) is 0 Å². The van der Waals surface area contributed by atoms with Crippen molar-refractivity contribution in [1.82, 2.24) is 10.2 Å². The van der Waals surface area contributed by atoms with E-state index in [1.165, 1.54) is 58.3 Å². The Bertz CT molecular complexity index is 176. The standard InChI is InChI=1S/C14H30N2O/c1-2-15-12-14-8-7-10-16(13-14)9-5-3-4-6-11-17/h14-15,17H,2-13H2,1H3. The van der Waals surface area contributed by atoms with Crippen LogP contribution in [0.4, 0.5) is 0 Å². The van der Waals surface area contributed by atoms with Crippen molar-refractivity contribution in [2.75, 3.05) is 39.3 Å². The molecule has 0 spiro atoms. The number of hydrogen-bond acceptors (Lipinski definition) is 3. The second-order valence-corrected chi connectivity index (χ2v) is 5.25. The number of rotatable bonds is 9. The molecule has 1 unspecified atom stereocenters. The molecule has 3 heteroatoms. The first-order chi connectivity index (χ1) is 8.36. The van der Waals surface area contributed by atoms with Gasteiger partial charge in [-0.05, 0) is 57.8 Å². The highest BCUT2D eigenvalue weighted by Gasteiger charge is 2.18. The van der Waals surface area contributed by atoms with Crippen LogP contribution < -0.4 is 5.32 Å². The quantitative estimate of drug-likeness (QED) is 0.606. The van der Waals surface area contributed by atoms with Crippen LogP contribution >= 0.6 is 0 Å². The fraction of sp³-hybridized carbons (Fsp3) is 1.00. The minimum atomic E-state index is 0.356. The van der Waals surface area contributed by atoms with E-state index in [1.807, 2.05) is 0 Å². The maximum Gasteiger partial charge on any atom is 0.0431 e. The summed E-state index contributed by atoms with van der Waals surface area (Å²) in [7, 11) is 0. The van der Waals surface area contributed by atoms with Crippen molar-refractivity contribution >= 4 is 0 Å². The van der Waals surface area contributed by atoms with Crippen molar-refractivity contribution < 1.29 is 5.11 Å². The van der Waals surface area contributed by atoms with Crippen LogP contribution in [0.15, 0.2) is 0 Å². The number of aliphatic hydroxyl groups excluding tert-OH is 1. The van der Waals surface area contributed by atoms with E-state index in [4.69, 9.17) is 5.11 Å². The first kappa shape index (κ1) is 14.9. The summed E-state index contributed by atoms with van der Waals surface area (Å²) >= 11 is 0. The summed E-state index contributed by atoms with van der Waals surface area (Å²) in [5, 5.41) is 12.2. The Morgan fingerprint density at radius 3 is 2.82 bits per heavy atom. The molecule has 1 fully saturated rings. The van der Waals surface area contributed by atoms with Gasteiger partial charge in [-0.25, -0.2) is 0 Å². The van der Waals surface area contributed by atoms with Gasteiger partial charge in [0.1, 0.15) is 0 Å². The van der Waals surface area contributed by atoms with Gasteiger partial charge in [0, 0.05) is 13.2 Å². The third-order valence-corrected chi connectivity index (χ3v) is 3.67. The van der Waals surface area contributed by atoms with Crippen molar-refractivity contribution in [1.29, 1.82) is 0 Å². The zero-order valence-corrected chi connectivity index (χ0v) is 11.5. The van der Waals surface area contributed by atoms with Crippen molar-refractivity contribution in [3.63, 3.8) is 0 Å². The molecule has 1 aliphatic heterocycles. The number of unbranched alkanes of at least 4 members (excludes halogenated alkanes) is 3. The van der Waals surface area contributed by atoms with E-state index in [9.17, 15) is 0 Å². The summed E-state index contributed by atoms with van der Waals surface area (Å²) in [6.45, 7) is 8.66. The molecule has 1 rings (SSSR count). The third-order valence-electron chi connectivity index (χ3n) is 3.67. The molecule has 1 aliphatic rings. The predicted molar refractivity (Wildman–Crippen MR) is 73.3 cm³/mol. The van der Waals surface area contributed by atoms with Crippen molar-refractivity contribution in [2.45, 2.75) is 45.4 Å². The largest absolute Gasteiger partial charge is 0.396 e. The van der Waals surface area contributed by atoms with Crippen LogP contribution in [-0.4, -0.2) is 49.3 Å². The molecule has 3 nitrogen and oxygen atoms in total. The smallest absolute Gasteiger partial charge is 0.0431 e. The van der Waals surface area contributed by atoms with Gasteiger partial charge in [-0.15, -0.1) is 0 Å². The van der Waals surface area contributed by atoms with Gasteiger partial charge in [0.15, 0.2) is 0 Å². The summed E-state index contributed by atoms with van der Waals surface area (Å²) in [6, 6.07) is 0. The number of aliphatic hydroxyl groups is 1. The summed E-state index contributed by atoms with van der Waals surface area (Å²) in [4.78, 5) is 2.63. The SMILES string of the molecule is CCNCC1CCCN(CCCCCCO)C1. The van der Waals surface area contributed by atoms with Gasteiger partial charge < -0.3 is 15.3 Å². The molecule has 0 bridgehead atoms. The van der Waals surface area contributed by atoms with E-state index in [1.54, 1.807) is 0 Å². The second kappa shape index (κ2) is 9.86. The highest BCUT2D eigenvalue weighted by Crippen LogP contribution is 2.16. The number of nitrogens with one attached hydrogen (secondary N) is 1. The molecule has 17 heavy (non-hydrogen) atoms. The van der Waals surface area contributed by atoms with E-state index in [-0.39, 0.29) is 0 Å². The lowest BCUT2D eigenvalue weighted by Gasteiger charge is -2.32. The van der Waals surface area contributed by atoms with Gasteiger partial charge in [-0.2, -0.15) is 0 Å². The van der Waals surface area contributed by atoms with Crippen LogP contribution in [0.2, 0.25) is 0 Å². The molecular weight excluding hydrogens is 212 g/mol. The van der Waals surface area contributed by atoms with Crippen LogP contribution in [0.25, 0.3) is 0 Å². The maximum atomic E-state index is 8.71. The lowest BCUT2D eigenvalue weighted by Crippen LogP contribution is -2.40. The molecule has 2 N–H and O–H groups in total. The Hall–Kier alpha value is -0.120. The molecule has 102 valence electrons. The molecule has 1 atom stereocenters. The van der Waals surface area contributed by atoms with Crippen LogP contribution in [0.1, 0.15) is 45.4 Å². The Morgan fingerprint density at radius 1 is 1.24 bits per heavy atom. The fourth-order valence-electron chi connectivity index (χ4n) is 2.67. The molecule has 0 aromatic heterocycles. The summed E-state index contributed by atoms with van der Waals surface area (Å²) in [5.74, 6) is 0.862. The highest BCUT2D eigenvalue weighted by atomic mass is 16.2. The van der Waals surface area contributed by atoms with E-state index in [2.05, 4.69) is 17.1 Å². The Balaban J connectivity index is 2.03. The minimum absolute atomic E-state index is 0.356. The number of likely N-dealkylation sites (tertiary alicyclic amines) is 1. The van der Waals surface area contributed by atoms with Gasteiger partial charge in [0.2, 0.25) is 0 Å². The number of hydrogen-bond donors (Lipinski definition) is 2. The average molecular weight is 242 g/mol. The molecule has 0 aromatic carbocycles. The predicted octanol–water partition coefficient (Wildman–Crippen LogP) is 1.86. The number of piperidine rings is 1. The monoisotopic (exact) mass is 242 g/mol. The van der Waals surface area contributed by atoms with Crippen LogP contribution in [0.5, 0.6) is 0 Å². The lowest BCUT2D eigenvalue weighted by atomic mass is 9.97. The third kappa shape index (κ3) is 7.02. The summed E-state index contributed by atoms with van der Waals surface area (Å²) in [5.41, 5.74) is 0. The van der Waals surface area contributed by atoms with Gasteiger partial charge >= 0.3 is 0 Å². The molecule has 0 radical (unpaired) electrons. The zero-order chi connectivity index (χ0) is 12.3. The molecule has 0 saturated carbocycles. The van der Waals surface area contributed by atoms with Crippen LogP contribution in [0, 0.1) is 5.92 Å². The Kier molecular flexibility index (Phi) is 8.67. The maximum absolute atomic E-state index is 8.71. The van der Waals surface area contributed by atoms with E-state index in [0.29, 0.717) is 6.61 Å². The zero-order valence-electron chi connectivity index (χ0n) is 11.5. The molecule has 0 amide bonds. The van der Waals surface area contributed by atoms with Crippen LogP contribution in [-0.2, 0) is 0 Å². The summed E-state index contributed by atoms with van der Waals surface area (Å²) in [6.07, 6.45) is 7.50. The second-order valence-electron chi connectivity index (χ2n) is 5.25. The van der Waals surface area contributed by atoms with E-state index in [0.717, 1.165) is 18.9 Å². The normalized spacial score (nSPS) is 21.9. The molecule has 0 aromatic rings. The first-order valence-corrected chi connectivity index (χ1v) is 7.40. The summed E-state index contributed by atoms with van der Waals surface area (Å²) < 4.78 is 0. The molecular formula is C14H30N2O. The highest BCUT2D eigenvalue weighted by molar-refractivity contribution is 4.74. The van der Waals surface area contributed by atoms with Gasteiger partial charge in [-0.3, -0.25) is 0 Å². The molecule has 0 aliphatic carbocycles. The van der Waals surface area contributed by atoms with Crippen molar-refractivity contribution in [3.8, 4) is 0 Å². The minimum Gasteiger partial charge on any atom is -0.396 e. The Morgan fingerprint density at radius 2 is 2.06 bits per heavy atom. The topological polar surface area (TPSA) is 35.5 Å². The van der Waals surface area contributed by atoms with Crippen LogP contribution in [0.3, 0.4) is 0 Å². The molecule has 1 saturated heterocycles.